The normalized spacial score (nSPS) is 24.8. The molecule has 0 bridgehead atoms. The Morgan fingerprint density at radius 1 is 1.07 bits per heavy atom. The van der Waals surface area contributed by atoms with E-state index in [1.54, 1.807) is 6.08 Å². The molecule has 2 heterocycles. The van der Waals surface area contributed by atoms with Gasteiger partial charge in [-0.3, -0.25) is 14.6 Å². The van der Waals surface area contributed by atoms with Gasteiger partial charge in [0.2, 0.25) is 11.6 Å². The number of ether oxygens (including phenoxy) is 1. The third kappa shape index (κ3) is 3.19. The van der Waals surface area contributed by atoms with Crippen LogP contribution in [0.2, 0.25) is 0 Å². The van der Waals surface area contributed by atoms with Crippen LogP contribution in [0.25, 0.3) is 0 Å². The SMILES string of the molecule is COC(=O)C1=CC(c2ccccc2)=NC2C(N3CCCCC3)=CC(=O)C(=O)C12. The zero-order chi connectivity index (χ0) is 19.7. The first-order chi connectivity index (χ1) is 13.6. The van der Waals surface area contributed by atoms with E-state index in [1.165, 1.54) is 13.2 Å². The van der Waals surface area contributed by atoms with Crippen molar-refractivity contribution in [1.29, 1.82) is 0 Å². The van der Waals surface area contributed by atoms with Gasteiger partial charge >= 0.3 is 5.97 Å². The number of rotatable bonds is 3. The molecule has 1 aliphatic carbocycles. The number of hydrogen-bond donors (Lipinski definition) is 0. The van der Waals surface area contributed by atoms with E-state index >= 15 is 0 Å². The van der Waals surface area contributed by atoms with Crippen molar-refractivity contribution in [3.05, 3.63) is 59.3 Å². The van der Waals surface area contributed by atoms with Crippen molar-refractivity contribution in [2.24, 2.45) is 10.9 Å². The Morgan fingerprint density at radius 3 is 2.46 bits per heavy atom. The van der Waals surface area contributed by atoms with Gasteiger partial charge in [-0.25, -0.2) is 4.79 Å². The average molecular weight is 378 g/mol. The smallest absolute Gasteiger partial charge is 0.334 e. The molecule has 0 N–H and O–H groups in total. The third-order valence-electron chi connectivity index (χ3n) is 5.54. The molecule has 0 aromatic heterocycles. The maximum atomic E-state index is 12.7. The maximum Gasteiger partial charge on any atom is 0.334 e. The minimum absolute atomic E-state index is 0.197. The van der Waals surface area contributed by atoms with Gasteiger partial charge in [-0.2, -0.15) is 0 Å². The van der Waals surface area contributed by atoms with Gasteiger partial charge in [0.05, 0.1) is 24.3 Å². The monoisotopic (exact) mass is 378 g/mol. The number of piperidine rings is 1. The van der Waals surface area contributed by atoms with Crippen LogP contribution in [0.3, 0.4) is 0 Å². The van der Waals surface area contributed by atoms with E-state index in [-0.39, 0.29) is 5.57 Å². The highest BCUT2D eigenvalue weighted by atomic mass is 16.5. The van der Waals surface area contributed by atoms with Crippen molar-refractivity contribution in [1.82, 2.24) is 4.90 Å². The van der Waals surface area contributed by atoms with Gasteiger partial charge in [-0.05, 0) is 30.9 Å². The van der Waals surface area contributed by atoms with Gasteiger partial charge in [-0.1, -0.05) is 30.3 Å². The number of ketones is 2. The van der Waals surface area contributed by atoms with E-state index in [0.29, 0.717) is 5.71 Å². The highest BCUT2D eigenvalue weighted by Crippen LogP contribution is 2.36. The van der Waals surface area contributed by atoms with Gasteiger partial charge in [0.1, 0.15) is 6.04 Å². The van der Waals surface area contributed by atoms with Crippen LogP contribution in [0.4, 0.5) is 0 Å². The van der Waals surface area contributed by atoms with E-state index < -0.39 is 29.5 Å². The summed E-state index contributed by atoms with van der Waals surface area (Å²) in [5.41, 5.74) is 2.40. The molecular formula is C22H22N2O4. The van der Waals surface area contributed by atoms with Crippen molar-refractivity contribution in [3.8, 4) is 0 Å². The average Bonchev–Trinajstić information content (AvgIpc) is 2.76. The zero-order valence-corrected chi connectivity index (χ0v) is 15.8. The highest BCUT2D eigenvalue weighted by molar-refractivity contribution is 6.45. The van der Waals surface area contributed by atoms with Crippen LogP contribution >= 0.6 is 0 Å². The van der Waals surface area contributed by atoms with Gasteiger partial charge in [0.25, 0.3) is 0 Å². The number of hydrogen-bond acceptors (Lipinski definition) is 6. The Morgan fingerprint density at radius 2 is 1.79 bits per heavy atom. The molecule has 6 heteroatoms. The summed E-state index contributed by atoms with van der Waals surface area (Å²) in [5.74, 6) is -2.69. The number of benzene rings is 1. The summed E-state index contributed by atoms with van der Waals surface area (Å²) in [6.45, 7) is 1.65. The number of methoxy groups -OCH3 is 1. The van der Waals surface area contributed by atoms with Crippen LogP contribution in [0.15, 0.2) is 58.7 Å². The van der Waals surface area contributed by atoms with Gasteiger partial charge in [0.15, 0.2) is 0 Å². The first kappa shape index (κ1) is 18.3. The van der Waals surface area contributed by atoms with E-state index in [9.17, 15) is 14.4 Å². The number of esters is 1. The fraction of sp³-hybridized carbons (Fsp3) is 0.364. The lowest BCUT2D eigenvalue weighted by atomic mass is 9.77. The molecule has 2 unspecified atom stereocenters. The highest BCUT2D eigenvalue weighted by Gasteiger charge is 2.46. The largest absolute Gasteiger partial charge is 0.466 e. The number of aliphatic imine (C=N–C) groups is 1. The topological polar surface area (TPSA) is 76.0 Å². The van der Waals surface area contributed by atoms with Crippen LogP contribution in [-0.2, 0) is 19.1 Å². The molecule has 0 saturated carbocycles. The summed E-state index contributed by atoms with van der Waals surface area (Å²) in [5, 5.41) is 0. The van der Waals surface area contributed by atoms with E-state index in [4.69, 9.17) is 9.73 Å². The minimum atomic E-state index is -0.922. The summed E-state index contributed by atoms with van der Waals surface area (Å²) in [7, 11) is 1.28. The molecule has 3 aliphatic rings. The number of carbonyl (C=O) groups is 3. The van der Waals surface area contributed by atoms with Crippen molar-refractivity contribution in [3.63, 3.8) is 0 Å². The summed E-state index contributed by atoms with van der Waals surface area (Å²) >= 11 is 0. The van der Waals surface area contributed by atoms with Crippen LogP contribution in [0, 0.1) is 5.92 Å². The molecule has 144 valence electrons. The van der Waals surface area contributed by atoms with Crippen molar-refractivity contribution in [2.75, 3.05) is 20.2 Å². The Kier molecular flexibility index (Phi) is 4.94. The number of Topliss-reactive ketones (excluding diaryl/α,β-unsaturated/α-hetero) is 1. The quantitative estimate of drug-likeness (QED) is 0.595. The van der Waals surface area contributed by atoms with Gasteiger partial charge in [-0.15, -0.1) is 0 Å². The van der Waals surface area contributed by atoms with E-state index in [2.05, 4.69) is 4.90 Å². The first-order valence-corrected chi connectivity index (χ1v) is 9.58. The molecule has 2 aliphatic heterocycles. The second-order valence-electron chi connectivity index (χ2n) is 7.24. The summed E-state index contributed by atoms with van der Waals surface area (Å²) in [4.78, 5) is 44.6. The third-order valence-corrected chi connectivity index (χ3v) is 5.54. The van der Waals surface area contributed by atoms with E-state index in [1.807, 2.05) is 30.3 Å². The number of dihydropyridines is 1. The van der Waals surface area contributed by atoms with Crippen LogP contribution in [-0.4, -0.2) is 54.4 Å². The Labute approximate surface area is 163 Å². The van der Waals surface area contributed by atoms with Gasteiger partial charge < -0.3 is 9.64 Å². The van der Waals surface area contributed by atoms with Crippen LogP contribution in [0.1, 0.15) is 24.8 Å². The molecule has 28 heavy (non-hydrogen) atoms. The second-order valence-corrected chi connectivity index (χ2v) is 7.24. The molecule has 2 atom stereocenters. The molecule has 1 aromatic rings. The lowest BCUT2D eigenvalue weighted by Crippen LogP contribution is -2.48. The standard InChI is InChI=1S/C22H22N2O4/c1-28-22(27)15-12-16(14-8-4-2-5-9-14)23-20-17(24-10-6-3-7-11-24)13-18(25)21(26)19(15)20/h2,4-5,8-9,12-13,19-20H,3,6-7,10-11H2,1H3. The number of allylic oxidation sites excluding steroid dienone is 2. The Bertz CT molecular complexity index is 908. The number of carbonyl (C=O) groups excluding carboxylic acids is 3. The van der Waals surface area contributed by atoms with Crippen LogP contribution < -0.4 is 0 Å². The fourth-order valence-electron chi connectivity index (χ4n) is 4.14. The predicted molar refractivity (Wildman–Crippen MR) is 104 cm³/mol. The molecule has 6 nitrogen and oxygen atoms in total. The zero-order valence-electron chi connectivity index (χ0n) is 15.8. The molecule has 1 fully saturated rings. The predicted octanol–water partition coefficient (Wildman–Crippen LogP) is 2.10. The van der Waals surface area contributed by atoms with E-state index in [0.717, 1.165) is 43.6 Å². The molecule has 0 amide bonds. The molecule has 0 spiro atoms. The molecule has 1 saturated heterocycles. The summed E-state index contributed by atoms with van der Waals surface area (Å²) < 4.78 is 4.93. The lowest BCUT2D eigenvalue weighted by molar-refractivity contribution is -0.141. The molecule has 0 radical (unpaired) electrons. The summed E-state index contributed by atoms with van der Waals surface area (Å²) in [6, 6.07) is 8.93. The Balaban J connectivity index is 1.84. The molecule has 4 rings (SSSR count). The lowest BCUT2D eigenvalue weighted by Gasteiger charge is -2.39. The number of nitrogens with zero attached hydrogens (tertiary/aromatic N) is 2. The Hall–Kier alpha value is -3.02. The molecule has 1 aromatic carbocycles. The molecular weight excluding hydrogens is 356 g/mol. The van der Waals surface area contributed by atoms with Crippen molar-refractivity contribution >= 4 is 23.2 Å². The number of fused-ring (bicyclic) bond motifs is 1. The fourth-order valence-corrected chi connectivity index (χ4v) is 4.14. The minimum Gasteiger partial charge on any atom is -0.466 e. The number of likely N-dealkylation sites (tertiary alicyclic amines) is 1. The van der Waals surface area contributed by atoms with Gasteiger partial charge in [0, 0.05) is 24.9 Å². The van der Waals surface area contributed by atoms with Crippen LogP contribution in [0.5, 0.6) is 0 Å². The summed E-state index contributed by atoms with van der Waals surface area (Å²) in [6.07, 6.45) is 6.22. The maximum absolute atomic E-state index is 12.7. The van der Waals surface area contributed by atoms with Crippen molar-refractivity contribution in [2.45, 2.75) is 25.3 Å². The van der Waals surface area contributed by atoms with Crippen molar-refractivity contribution < 1.29 is 19.1 Å². The second kappa shape index (κ2) is 7.54. The first-order valence-electron chi connectivity index (χ1n) is 9.58.